The van der Waals surface area contributed by atoms with E-state index in [0.717, 1.165) is 31.0 Å². The molecule has 6 heteroatoms. The van der Waals surface area contributed by atoms with Crippen LogP contribution < -0.4 is 5.32 Å². The number of halogens is 3. The number of benzene rings is 2. The number of alkyl halides is 3. The van der Waals surface area contributed by atoms with Crippen LogP contribution in [0.1, 0.15) is 29.5 Å². The highest BCUT2D eigenvalue weighted by Crippen LogP contribution is 2.33. The van der Waals surface area contributed by atoms with Crippen molar-refractivity contribution in [3.63, 3.8) is 0 Å². The molecule has 1 heterocycles. The molecule has 1 saturated heterocycles. The van der Waals surface area contributed by atoms with E-state index in [0.29, 0.717) is 23.2 Å². The van der Waals surface area contributed by atoms with Crippen molar-refractivity contribution < 1.29 is 18.0 Å². The summed E-state index contributed by atoms with van der Waals surface area (Å²) in [7, 11) is 1.75. The van der Waals surface area contributed by atoms with Gasteiger partial charge in [-0.1, -0.05) is 24.3 Å². The van der Waals surface area contributed by atoms with E-state index in [4.69, 9.17) is 0 Å². The van der Waals surface area contributed by atoms with Gasteiger partial charge in [0.15, 0.2) is 0 Å². The van der Waals surface area contributed by atoms with Crippen LogP contribution in [0.3, 0.4) is 0 Å². The summed E-state index contributed by atoms with van der Waals surface area (Å²) >= 11 is 0. The van der Waals surface area contributed by atoms with E-state index in [2.05, 4.69) is 5.32 Å². The smallest absolute Gasteiger partial charge is 0.340 e. The molecule has 1 aliphatic rings. The van der Waals surface area contributed by atoms with E-state index < -0.39 is 11.7 Å². The maximum Gasteiger partial charge on any atom is 0.416 e. The Morgan fingerprint density at radius 1 is 1.19 bits per heavy atom. The van der Waals surface area contributed by atoms with Gasteiger partial charge >= 0.3 is 6.18 Å². The second-order valence-electron chi connectivity index (χ2n) is 7.13. The third-order valence-corrected chi connectivity index (χ3v) is 4.82. The summed E-state index contributed by atoms with van der Waals surface area (Å²) in [5, 5.41) is 3.19. The molecule has 2 aromatic carbocycles. The fourth-order valence-electron chi connectivity index (χ4n) is 3.48. The average Bonchev–Trinajstić information content (AvgIpc) is 3.14. The summed E-state index contributed by atoms with van der Waals surface area (Å²) in [6, 6.07) is 11.3. The van der Waals surface area contributed by atoms with Gasteiger partial charge in [0.05, 0.1) is 11.6 Å². The number of likely N-dealkylation sites (N-methyl/N-ethyl adjacent to an activating group) is 1. The number of rotatable bonds is 4. The van der Waals surface area contributed by atoms with Crippen molar-refractivity contribution in [2.45, 2.75) is 38.5 Å². The molecule has 1 amide bonds. The summed E-state index contributed by atoms with van der Waals surface area (Å²) in [5.41, 5.74) is 2.03. The SMILES string of the molecule is Cc1cc(-c2cccc(CN(C)C(=O)[C@@H]3CCCN3)c2)cc(C(F)(F)F)c1. The molecule has 3 nitrogen and oxygen atoms in total. The van der Waals surface area contributed by atoms with Gasteiger partial charge in [0.1, 0.15) is 0 Å². The number of amides is 1. The van der Waals surface area contributed by atoms with Gasteiger partial charge in [-0.15, -0.1) is 0 Å². The molecule has 1 fully saturated rings. The van der Waals surface area contributed by atoms with Crippen LogP contribution in [0.2, 0.25) is 0 Å². The van der Waals surface area contributed by atoms with Crippen LogP contribution >= 0.6 is 0 Å². The van der Waals surface area contributed by atoms with Crippen molar-refractivity contribution in [1.82, 2.24) is 10.2 Å². The van der Waals surface area contributed by atoms with E-state index >= 15 is 0 Å². The largest absolute Gasteiger partial charge is 0.416 e. The molecule has 0 spiro atoms. The maximum absolute atomic E-state index is 13.1. The monoisotopic (exact) mass is 376 g/mol. The van der Waals surface area contributed by atoms with E-state index in [9.17, 15) is 18.0 Å². The van der Waals surface area contributed by atoms with Gasteiger partial charge < -0.3 is 10.2 Å². The molecule has 0 unspecified atom stereocenters. The lowest BCUT2D eigenvalue weighted by Gasteiger charge is -2.21. The van der Waals surface area contributed by atoms with Crippen molar-refractivity contribution in [1.29, 1.82) is 0 Å². The zero-order valence-electron chi connectivity index (χ0n) is 15.4. The molecule has 1 N–H and O–H groups in total. The van der Waals surface area contributed by atoms with Gasteiger partial charge in [-0.3, -0.25) is 4.79 Å². The molecule has 1 atom stereocenters. The first-order valence-electron chi connectivity index (χ1n) is 9.00. The molecule has 1 aliphatic heterocycles. The summed E-state index contributed by atoms with van der Waals surface area (Å²) in [5.74, 6) is 0.0489. The first-order valence-corrected chi connectivity index (χ1v) is 9.00. The quantitative estimate of drug-likeness (QED) is 0.858. The molecular weight excluding hydrogens is 353 g/mol. The van der Waals surface area contributed by atoms with Crippen LogP contribution in [0.5, 0.6) is 0 Å². The third-order valence-electron chi connectivity index (χ3n) is 4.82. The number of carbonyl (C=O) groups is 1. The van der Waals surface area contributed by atoms with Crippen molar-refractivity contribution >= 4 is 5.91 Å². The van der Waals surface area contributed by atoms with Gasteiger partial charge in [0, 0.05) is 13.6 Å². The molecule has 0 aliphatic carbocycles. The van der Waals surface area contributed by atoms with Crippen LogP contribution in [0.4, 0.5) is 13.2 Å². The number of aryl methyl sites for hydroxylation is 1. The number of carbonyl (C=O) groups excluding carboxylic acids is 1. The lowest BCUT2D eigenvalue weighted by atomic mass is 9.98. The van der Waals surface area contributed by atoms with Crippen molar-refractivity contribution in [2.75, 3.05) is 13.6 Å². The highest BCUT2D eigenvalue weighted by molar-refractivity contribution is 5.82. The topological polar surface area (TPSA) is 32.3 Å². The molecule has 3 rings (SSSR count). The predicted molar refractivity (Wildman–Crippen MR) is 99.1 cm³/mol. The van der Waals surface area contributed by atoms with Crippen LogP contribution in [-0.4, -0.2) is 30.4 Å². The Morgan fingerprint density at radius 3 is 2.63 bits per heavy atom. The maximum atomic E-state index is 13.1. The Balaban J connectivity index is 1.81. The number of hydrogen-bond donors (Lipinski definition) is 1. The summed E-state index contributed by atoms with van der Waals surface area (Å²) in [4.78, 5) is 14.1. The van der Waals surface area contributed by atoms with Crippen LogP contribution in [0, 0.1) is 6.92 Å². The first-order chi connectivity index (χ1) is 12.7. The normalized spacial score (nSPS) is 17.1. The van der Waals surface area contributed by atoms with E-state index in [1.165, 1.54) is 6.07 Å². The highest BCUT2D eigenvalue weighted by Gasteiger charge is 2.31. The van der Waals surface area contributed by atoms with Crippen LogP contribution in [-0.2, 0) is 17.5 Å². The fourth-order valence-corrected chi connectivity index (χ4v) is 3.48. The third kappa shape index (κ3) is 4.69. The number of nitrogens with one attached hydrogen (secondary N) is 1. The molecule has 27 heavy (non-hydrogen) atoms. The Bertz CT molecular complexity index is 826. The zero-order valence-corrected chi connectivity index (χ0v) is 15.4. The zero-order chi connectivity index (χ0) is 19.6. The minimum absolute atomic E-state index is 0.0489. The minimum atomic E-state index is -4.38. The standard InChI is InChI=1S/C21H23F3N2O/c1-14-9-17(12-18(10-14)21(22,23)24)16-6-3-5-15(11-16)13-26(2)20(27)19-7-4-8-25-19/h3,5-6,9-12,19,25H,4,7-8,13H2,1-2H3/t19-/m0/s1. The van der Waals surface area contributed by atoms with Crippen LogP contribution in [0.15, 0.2) is 42.5 Å². The lowest BCUT2D eigenvalue weighted by molar-refractivity contribution is -0.137. The second kappa shape index (κ2) is 7.72. The first kappa shape index (κ1) is 19.4. The van der Waals surface area contributed by atoms with Gasteiger partial charge in [0.2, 0.25) is 5.91 Å². The van der Waals surface area contributed by atoms with Gasteiger partial charge in [0.25, 0.3) is 0 Å². The van der Waals surface area contributed by atoms with E-state index in [1.807, 2.05) is 18.2 Å². The lowest BCUT2D eigenvalue weighted by Crippen LogP contribution is -2.41. The predicted octanol–water partition coefficient (Wildman–Crippen LogP) is 4.39. The molecular formula is C21H23F3N2O. The molecule has 2 aromatic rings. The average molecular weight is 376 g/mol. The second-order valence-corrected chi connectivity index (χ2v) is 7.13. The minimum Gasteiger partial charge on any atom is -0.340 e. The van der Waals surface area contributed by atoms with Crippen molar-refractivity contribution in [3.8, 4) is 11.1 Å². The molecule has 0 bridgehead atoms. The Labute approximate surface area is 157 Å². The van der Waals surface area contributed by atoms with E-state index in [-0.39, 0.29) is 11.9 Å². The van der Waals surface area contributed by atoms with Crippen LogP contribution in [0.25, 0.3) is 11.1 Å². The highest BCUT2D eigenvalue weighted by atomic mass is 19.4. The fraction of sp³-hybridized carbons (Fsp3) is 0.381. The van der Waals surface area contributed by atoms with Gasteiger partial charge in [-0.05, 0) is 66.8 Å². The Hall–Kier alpha value is -2.34. The molecule has 0 aromatic heterocycles. The molecule has 0 saturated carbocycles. The number of nitrogens with zero attached hydrogens (tertiary/aromatic N) is 1. The summed E-state index contributed by atoms with van der Waals surface area (Å²) < 4.78 is 39.3. The Morgan fingerprint density at radius 2 is 1.96 bits per heavy atom. The summed E-state index contributed by atoms with van der Waals surface area (Å²) in [6.45, 7) is 2.93. The van der Waals surface area contributed by atoms with Gasteiger partial charge in [-0.2, -0.15) is 13.2 Å². The number of hydrogen-bond acceptors (Lipinski definition) is 2. The van der Waals surface area contributed by atoms with Gasteiger partial charge in [-0.25, -0.2) is 0 Å². The van der Waals surface area contributed by atoms with Crippen molar-refractivity contribution in [3.05, 3.63) is 59.2 Å². The van der Waals surface area contributed by atoms with E-state index in [1.54, 1.807) is 31.0 Å². The van der Waals surface area contributed by atoms with Crippen molar-refractivity contribution in [2.24, 2.45) is 0 Å². The summed E-state index contributed by atoms with van der Waals surface area (Å²) in [6.07, 6.45) is -2.54. The Kier molecular flexibility index (Phi) is 5.56. The molecule has 144 valence electrons. The molecule has 0 radical (unpaired) electrons.